The Morgan fingerprint density at radius 2 is 2.00 bits per heavy atom. The van der Waals surface area contributed by atoms with Gasteiger partial charge < -0.3 is 15.0 Å². The molecule has 1 aliphatic rings. The first-order chi connectivity index (χ1) is 14.2. The minimum absolute atomic E-state index is 0.0684. The highest BCUT2D eigenvalue weighted by Gasteiger charge is 2.37. The maximum Gasteiger partial charge on any atom is 0.416 e. The molecule has 2 atom stereocenters. The summed E-state index contributed by atoms with van der Waals surface area (Å²) >= 11 is 0. The Labute approximate surface area is 171 Å². The first kappa shape index (κ1) is 21.6. The smallest absolute Gasteiger partial charge is 0.369 e. The number of rotatable bonds is 6. The van der Waals surface area contributed by atoms with Gasteiger partial charge in [0.2, 0.25) is 5.91 Å². The lowest BCUT2D eigenvalue weighted by molar-refractivity contribution is -0.137. The van der Waals surface area contributed by atoms with Crippen molar-refractivity contribution in [3.05, 3.63) is 66.0 Å². The summed E-state index contributed by atoms with van der Waals surface area (Å²) in [7, 11) is 1.51. The van der Waals surface area contributed by atoms with Crippen LogP contribution in [0.15, 0.2) is 49.3 Å². The number of halogens is 3. The lowest BCUT2D eigenvalue weighted by Crippen LogP contribution is -2.28. The summed E-state index contributed by atoms with van der Waals surface area (Å²) in [5.41, 5.74) is 0.209. The molecule has 0 spiro atoms. The van der Waals surface area contributed by atoms with Gasteiger partial charge in [-0.2, -0.15) is 18.3 Å². The Morgan fingerprint density at radius 1 is 1.30 bits per heavy atom. The van der Waals surface area contributed by atoms with E-state index in [9.17, 15) is 22.8 Å². The van der Waals surface area contributed by atoms with Gasteiger partial charge in [0.05, 0.1) is 36.1 Å². The summed E-state index contributed by atoms with van der Waals surface area (Å²) < 4.78 is 45.6. The van der Waals surface area contributed by atoms with Gasteiger partial charge in [0.15, 0.2) is 0 Å². The van der Waals surface area contributed by atoms with Crippen molar-refractivity contribution in [2.45, 2.75) is 24.9 Å². The van der Waals surface area contributed by atoms with Gasteiger partial charge in [0.25, 0.3) is 5.91 Å². The second kappa shape index (κ2) is 8.70. The van der Waals surface area contributed by atoms with Gasteiger partial charge in [-0.3, -0.25) is 14.3 Å². The van der Waals surface area contributed by atoms with Crippen molar-refractivity contribution in [3.63, 3.8) is 0 Å². The molecular weight excluding hydrogens is 401 g/mol. The summed E-state index contributed by atoms with van der Waals surface area (Å²) in [4.78, 5) is 25.4. The Kier molecular flexibility index (Phi) is 6.25. The Bertz CT molecular complexity index is 924. The first-order valence-electron chi connectivity index (χ1n) is 9.18. The molecule has 1 aliphatic heterocycles. The molecule has 1 aromatic heterocycles. The van der Waals surface area contributed by atoms with Crippen molar-refractivity contribution >= 4 is 11.8 Å². The predicted octanol–water partition coefficient (Wildman–Crippen LogP) is 2.42. The quantitative estimate of drug-likeness (QED) is 0.726. The summed E-state index contributed by atoms with van der Waals surface area (Å²) in [6, 6.07) is 4.36. The average molecular weight is 422 g/mol. The first-order valence-corrected chi connectivity index (χ1v) is 9.18. The van der Waals surface area contributed by atoms with E-state index in [1.165, 1.54) is 31.5 Å². The summed E-state index contributed by atoms with van der Waals surface area (Å²) in [6.45, 7) is 4.13. The number of nitrogens with one attached hydrogen (secondary N) is 1. The van der Waals surface area contributed by atoms with Gasteiger partial charge in [-0.05, 0) is 23.8 Å². The molecule has 2 heterocycles. The van der Waals surface area contributed by atoms with Crippen molar-refractivity contribution in [2.24, 2.45) is 0 Å². The van der Waals surface area contributed by atoms with E-state index in [-0.39, 0.29) is 31.0 Å². The van der Waals surface area contributed by atoms with Crippen molar-refractivity contribution in [1.82, 2.24) is 20.0 Å². The molecular formula is C20H21F3N4O3. The maximum atomic E-state index is 12.7. The van der Waals surface area contributed by atoms with E-state index in [2.05, 4.69) is 17.0 Å². The van der Waals surface area contributed by atoms with Crippen molar-refractivity contribution in [1.29, 1.82) is 0 Å². The Balaban J connectivity index is 1.74. The second-order valence-electron chi connectivity index (χ2n) is 6.85. The molecule has 2 aromatic rings. The largest absolute Gasteiger partial charge is 0.416 e. The van der Waals surface area contributed by atoms with Gasteiger partial charge in [0, 0.05) is 26.3 Å². The minimum atomic E-state index is -4.40. The minimum Gasteiger partial charge on any atom is -0.369 e. The van der Waals surface area contributed by atoms with Crippen molar-refractivity contribution in [2.75, 3.05) is 20.1 Å². The van der Waals surface area contributed by atoms with Crippen LogP contribution in [0.3, 0.4) is 0 Å². The third kappa shape index (κ3) is 4.70. The molecule has 0 unspecified atom stereocenters. The van der Waals surface area contributed by atoms with Crippen molar-refractivity contribution < 1.29 is 27.5 Å². The normalized spacial score (nSPS) is 19.0. The number of hydrogen-bond donors (Lipinski definition) is 1. The van der Waals surface area contributed by atoms with E-state index in [0.29, 0.717) is 17.7 Å². The van der Waals surface area contributed by atoms with Crippen LogP contribution in [0.4, 0.5) is 13.2 Å². The highest BCUT2D eigenvalue weighted by atomic mass is 19.4. The predicted molar refractivity (Wildman–Crippen MR) is 101 cm³/mol. The molecule has 30 heavy (non-hydrogen) atoms. The molecule has 0 saturated carbocycles. The van der Waals surface area contributed by atoms with E-state index in [0.717, 1.165) is 12.1 Å². The second-order valence-corrected chi connectivity index (χ2v) is 6.85. The zero-order valence-electron chi connectivity index (χ0n) is 16.2. The number of likely N-dealkylation sites (tertiary alicyclic amines) is 1. The Morgan fingerprint density at radius 3 is 2.60 bits per heavy atom. The molecule has 7 nitrogen and oxygen atoms in total. The third-order valence-corrected chi connectivity index (χ3v) is 4.90. The number of nitrogens with zero attached hydrogens (tertiary/aromatic N) is 3. The molecule has 1 saturated heterocycles. The van der Waals surface area contributed by atoms with Crippen LogP contribution in [0.1, 0.15) is 27.5 Å². The fourth-order valence-corrected chi connectivity index (χ4v) is 3.26. The number of alkyl halides is 3. The number of benzene rings is 1. The van der Waals surface area contributed by atoms with Crippen LogP contribution >= 0.6 is 0 Å². The van der Waals surface area contributed by atoms with E-state index >= 15 is 0 Å². The molecule has 160 valence electrons. The van der Waals surface area contributed by atoms with Gasteiger partial charge in [0.1, 0.15) is 0 Å². The topological polar surface area (TPSA) is 76.5 Å². The summed E-state index contributed by atoms with van der Waals surface area (Å²) in [6.07, 6.45) is -0.671. The lowest BCUT2D eigenvalue weighted by Gasteiger charge is -2.19. The summed E-state index contributed by atoms with van der Waals surface area (Å²) in [5.74, 6) is -0.556. The SMILES string of the molecule is C=CC(=O)N1C[C@@H](n2cc(C(=O)NC)cn2)[C@H](OCc2ccc(C(F)(F)F)cc2)C1. The van der Waals surface area contributed by atoms with Crippen LogP contribution in [-0.4, -0.2) is 52.7 Å². The van der Waals surface area contributed by atoms with Crippen LogP contribution in [0.25, 0.3) is 0 Å². The maximum absolute atomic E-state index is 12.7. The van der Waals surface area contributed by atoms with Crippen LogP contribution in [0.5, 0.6) is 0 Å². The van der Waals surface area contributed by atoms with Gasteiger partial charge in [-0.25, -0.2) is 0 Å². The molecule has 0 aliphatic carbocycles. The van der Waals surface area contributed by atoms with Crippen LogP contribution in [0, 0.1) is 0 Å². The molecule has 2 amide bonds. The molecule has 1 fully saturated rings. The fraction of sp³-hybridized carbons (Fsp3) is 0.350. The van der Waals surface area contributed by atoms with E-state index < -0.39 is 17.8 Å². The van der Waals surface area contributed by atoms with Crippen LogP contribution in [0.2, 0.25) is 0 Å². The number of hydrogen-bond acceptors (Lipinski definition) is 4. The fourth-order valence-electron chi connectivity index (χ4n) is 3.26. The molecule has 0 radical (unpaired) electrons. The molecule has 1 aromatic carbocycles. The standard InChI is InChI=1S/C20H21F3N4O3/c1-3-18(28)26-10-16(27-9-14(8-25-27)19(29)24-2)17(11-26)30-12-13-4-6-15(7-5-13)20(21,22)23/h3-9,16-17H,1,10-12H2,2H3,(H,24,29)/t16-,17-/m1/s1. The van der Waals surface area contributed by atoms with E-state index in [1.807, 2.05) is 0 Å². The number of carbonyl (C=O) groups is 2. The highest BCUT2D eigenvalue weighted by Crippen LogP contribution is 2.30. The van der Waals surface area contributed by atoms with Gasteiger partial charge >= 0.3 is 6.18 Å². The van der Waals surface area contributed by atoms with E-state index in [4.69, 9.17) is 4.74 Å². The third-order valence-electron chi connectivity index (χ3n) is 4.90. The molecule has 0 bridgehead atoms. The van der Waals surface area contributed by atoms with Gasteiger partial charge in [-0.15, -0.1) is 0 Å². The molecule has 3 rings (SSSR count). The monoisotopic (exact) mass is 422 g/mol. The Hall–Kier alpha value is -3.14. The van der Waals surface area contributed by atoms with Crippen LogP contribution < -0.4 is 5.32 Å². The summed E-state index contributed by atoms with van der Waals surface area (Å²) in [5, 5.41) is 6.73. The number of amides is 2. The zero-order valence-corrected chi connectivity index (χ0v) is 16.2. The van der Waals surface area contributed by atoms with Crippen molar-refractivity contribution in [3.8, 4) is 0 Å². The zero-order chi connectivity index (χ0) is 21.9. The molecule has 1 N–H and O–H groups in total. The highest BCUT2D eigenvalue weighted by molar-refractivity contribution is 5.93. The van der Waals surface area contributed by atoms with Gasteiger partial charge in [-0.1, -0.05) is 18.7 Å². The van der Waals surface area contributed by atoms with E-state index in [1.54, 1.807) is 15.8 Å². The number of carbonyl (C=O) groups excluding carboxylic acids is 2. The lowest BCUT2D eigenvalue weighted by atomic mass is 10.1. The molecule has 10 heteroatoms. The van der Waals surface area contributed by atoms with Crippen LogP contribution in [-0.2, 0) is 22.3 Å². The number of ether oxygens (including phenoxy) is 1. The average Bonchev–Trinajstić information content (AvgIpc) is 3.38. The number of aromatic nitrogens is 2.